The van der Waals surface area contributed by atoms with Crippen molar-refractivity contribution in [3.63, 3.8) is 0 Å². The number of nitrogens with one attached hydrogen (secondary N) is 3. The molecule has 0 aliphatic heterocycles. The van der Waals surface area contributed by atoms with Crippen LogP contribution in [0.15, 0.2) is 67.0 Å². The molecule has 0 radical (unpaired) electrons. The SMILES string of the molecule is CC(C)Nc1cncc(-c2ccc3[nH]nc(-c4nc5c(C6=CCC=C6)cccc5[nH]4)c3n2)c1. The van der Waals surface area contributed by atoms with E-state index >= 15 is 0 Å². The van der Waals surface area contributed by atoms with Crippen LogP contribution in [0.4, 0.5) is 5.69 Å². The Balaban J connectivity index is 1.45. The van der Waals surface area contributed by atoms with Crippen LogP contribution in [0.1, 0.15) is 25.8 Å². The predicted octanol–water partition coefficient (Wildman–Crippen LogP) is 5.73. The van der Waals surface area contributed by atoms with Crippen LogP contribution in [0, 0.1) is 0 Å². The number of hydrogen-bond acceptors (Lipinski definition) is 5. The van der Waals surface area contributed by atoms with Gasteiger partial charge in [-0.05, 0) is 50.1 Å². The summed E-state index contributed by atoms with van der Waals surface area (Å²) in [5.74, 6) is 0.698. The number of aromatic nitrogens is 6. The van der Waals surface area contributed by atoms with Gasteiger partial charge in [0.25, 0.3) is 0 Å². The number of imidazole rings is 1. The molecule has 4 aromatic heterocycles. The van der Waals surface area contributed by atoms with Crippen molar-refractivity contribution < 1.29 is 0 Å². The summed E-state index contributed by atoms with van der Waals surface area (Å²) in [4.78, 5) is 17.7. The largest absolute Gasteiger partial charge is 0.382 e. The van der Waals surface area contributed by atoms with E-state index in [0.717, 1.165) is 51.0 Å². The first-order valence-electron chi connectivity index (χ1n) is 11.1. The van der Waals surface area contributed by atoms with E-state index in [1.54, 1.807) is 0 Å². The number of allylic oxidation sites excluding steroid dienone is 4. The lowest BCUT2D eigenvalue weighted by Crippen LogP contribution is -2.09. The number of benzene rings is 1. The van der Waals surface area contributed by atoms with E-state index in [1.807, 2.05) is 30.6 Å². The van der Waals surface area contributed by atoms with Gasteiger partial charge in [0.05, 0.1) is 27.9 Å². The van der Waals surface area contributed by atoms with Gasteiger partial charge in [-0.25, -0.2) is 9.97 Å². The van der Waals surface area contributed by atoms with Crippen molar-refractivity contribution in [3.8, 4) is 22.8 Å². The van der Waals surface area contributed by atoms with Crippen LogP contribution in [0.25, 0.3) is 50.4 Å². The number of H-pyrrole nitrogens is 2. The summed E-state index contributed by atoms with van der Waals surface area (Å²) < 4.78 is 0. The van der Waals surface area contributed by atoms with Crippen LogP contribution in [-0.4, -0.2) is 36.2 Å². The van der Waals surface area contributed by atoms with Crippen LogP contribution in [0.2, 0.25) is 0 Å². The first kappa shape index (κ1) is 19.4. The van der Waals surface area contributed by atoms with E-state index in [-0.39, 0.29) is 0 Å². The highest BCUT2D eigenvalue weighted by Crippen LogP contribution is 2.32. The molecule has 1 aromatic carbocycles. The number of para-hydroxylation sites is 1. The minimum atomic E-state index is 0.325. The van der Waals surface area contributed by atoms with Crippen LogP contribution in [0.5, 0.6) is 0 Å². The zero-order chi connectivity index (χ0) is 22.4. The number of fused-ring (bicyclic) bond motifs is 2. The molecule has 4 heterocycles. The van der Waals surface area contributed by atoms with Crippen molar-refractivity contribution in [1.29, 1.82) is 0 Å². The molecule has 5 aromatic rings. The molecule has 1 aliphatic rings. The molecule has 162 valence electrons. The lowest BCUT2D eigenvalue weighted by Gasteiger charge is -2.10. The average Bonchev–Trinajstić information content (AvgIpc) is 3.57. The zero-order valence-corrected chi connectivity index (χ0v) is 18.4. The summed E-state index contributed by atoms with van der Waals surface area (Å²) in [6.07, 6.45) is 11.1. The van der Waals surface area contributed by atoms with E-state index in [9.17, 15) is 0 Å². The van der Waals surface area contributed by atoms with E-state index in [0.29, 0.717) is 17.6 Å². The van der Waals surface area contributed by atoms with Crippen LogP contribution in [0.3, 0.4) is 0 Å². The van der Waals surface area contributed by atoms with Crippen LogP contribution in [-0.2, 0) is 0 Å². The van der Waals surface area contributed by atoms with Gasteiger partial charge in [0.15, 0.2) is 11.5 Å². The quantitative estimate of drug-likeness (QED) is 0.329. The number of hydrogen-bond donors (Lipinski definition) is 3. The third-order valence-electron chi connectivity index (χ3n) is 5.72. The molecule has 0 atom stereocenters. The molecule has 3 N–H and O–H groups in total. The van der Waals surface area contributed by atoms with E-state index in [4.69, 9.17) is 9.97 Å². The standard InChI is InChI=1S/C26H23N7/c1-15(2)28-18-12-17(13-27-14-18)20-10-11-22-24(29-20)25(33-32-22)26-30-21-9-5-8-19(23(21)31-26)16-6-3-4-7-16/h3,5-15,28H,4H2,1-2H3,(H,30,31)(H,32,33). The average molecular weight is 434 g/mol. The first-order valence-corrected chi connectivity index (χ1v) is 11.1. The van der Waals surface area contributed by atoms with Gasteiger partial charge in [-0.2, -0.15) is 5.10 Å². The zero-order valence-electron chi connectivity index (χ0n) is 18.4. The highest BCUT2D eigenvalue weighted by Gasteiger charge is 2.17. The fourth-order valence-electron chi connectivity index (χ4n) is 4.25. The fourth-order valence-corrected chi connectivity index (χ4v) is 4.25. The molecular formula is C26H23N7. The molecule has 0 fully saturated rings. The summed E-state index contributed by atoms with van der Waals surface area (Å²) in [6.45, 7) is 4.21. The Labute approximate surface area is 190 Å². The maximum atomic E-state index is 4.93. The molecule has 6 rings (SSSR count). The van der Waals surface area contributed by atoms with Gasteiger partial charge in [0, 0.05) is 29.6 Å². The van der Waals surface area contributed by atoms with E-state index in [1.165, 1.54) is 5.57 Å². The van der Waals surface area contributed by atoms with E-state index < -0.39 is 0 Å². The van der Waals surface area contributed by atoms with Crippen molar-refractivity contribution >= 4 is 33.3 Å². The minimum Gasteiger partial charge on any atom is -0.382 e. The summed E-state index contributed by atoms with van der Waals surface area (Å²) in [6, 6.07) is 12.6. The summed E-state index contributed by atoms with van der Waals surface area (Å²) in [7, 11) is 0. The summed E-state index contributed by atoms with van der Waals surface area (Å²) >= 11 is 0. The molecule has 0 spiro atoms. The molecule has 7 nitrogen and oxygen atoms in total. The van der Waals surface area contributed by atoms with Gasteiger partial charge in [-0.3, -0.25) is 10.1 Å². The smallest absolute Gasteiger partial charge is 0.161 e. The van der Waals surface area contributed by atoms with Gasteiger partial charge in [0.2, 0.25) is 0 Å². The van der Waals surface area contributed by atoms with Crippen molar-refractivity contribution in [3.05, 3.63) is 72.6 Å². The Morgan fingerprint density at radius 1 is 1.00 bits per heavy atom. The second kappa shape index (κ2) is 7.70. The Morgan fingerprint density at radius 3 is 2.79 bits per heavy atom. The van der Waals surface area contributed by atoms with Gasteiger partial charge in [-0.1, -0.05) is 30.4 Å². The van der Waals surface area contributed by atoms with Crippen molar-refractivity contribution in [1.82, 2.24) is 30.1 Å². The normalized spacial score (nSPS) is 13.4. The number of anilines is 1. The van der Waals surface area contributed by atoms with Crippen LogP contribution < -0.4 is 5.32 Å². The molecule has 1 aliphatic carbocycles. The number of aromatic amines is 2. The Morgan fingerprint density at radius 2 is 1.94 bits per heavy atom. The first-order chi connectivity index (χ1) is 16.2. The lowest BCUT2D eigenvalue weighted by molar-refractivity contribution is 0.898. The molecule has 7 heteroatoms. The topological polar surface area (TPSA) is 95.2 Å². The third kappa shape index (κ3) is 3.47. The number of rotatable bonds is 5. The highest BCUT2D eigenvalue weighted by molar-refractivity contribution is 5.96. The van der Waals surface area contributed by atoms with Gasteiger partial charge >= 0.3 is 0 Å². The van der Waals surface area contributed by atoms with Gasteiger partial charge < -0.3 is 10.3 Å². The van der Waals surface area contributed by atoms with Crippen molar-refractivity contribution in [2.24, 2.45) is 0 Å². The van der Waals surface area contributed by atoms with Crippen molar-refractivity contribution in [2.45, 2.75) is 26.3 Å². The predicted molar refractivity (Wildman–Crippen MR) is 133 cm³/mol. The Bertz CT molecular complexity index is 1550. The summed E-state index contributed by atoms with van der Waals surface area (Å²) in [5, 5.41) is 11.0. The van der Waals surface area contributed by atoms with Gasteiger partial charge in [-0.15, -0.1) is 0 Å². The lowest BCUT2D eigenvalue weighted by atomic mass is 10.1. The minimum absolute atomic E-state index is 0.325. The van der Waals surface area contributed by atoms with Crippen LogP contribution >= 0.6 is 0 Å². The Hall–Kier alpha value is -4.26. The molecule has 0 bridgehead atoms. The van der Waals surface area contributed by atoms with E-state index in [2.05, 4.69) is 75.8 Å². The number of nitrogens with zero attached hydrogens (tertiary/aromatic N) is 4. The second-order valence-electron chi connectivity index (χ2n) is 8.51. The maximum absolute atomic E-state index is 4.93. The number of pyridine rings is 2. The fraction of sp³-hybridized carbons (Fsp3) is 0.154. The Kier molecular flexibility index (Phi) is 4.54. The highest BCUT2D eigenvalue weighted by atomic mass is 15.1. The molecule has 33 heavy (non-hydrogen) atoms. The maximum Gasteiger partial charge on any atom is 0.161 e. The molecule has 0 saturated carbocycles. The monoisotopic (exact) mass is 433 g/mol. The summed E-state index contributed by atoms with van der Waals surface area (Å²) in [5.41, 5.74) is 9.33. The third-order valence-corrected chi connectivity index (χ3v) is 5.72. The molecule has 0 saturated heterocycles. The van der Waals surface area contributed by atoms with Crippen molar-refractivity contribution in [2.75, 3.05) is 5.32 Å². The molecular weight excluding hydrogens is 410 g/mol. The molecule has 0 amide bonds. The second-order valence-corrected chi connectivity index (χ2v) is 8.51. The molecule has 0 unspecified atom stereocenters. The van der Waals surface area contributed by atoms with Gasteiger partial charge in [0.1, 0.15) is 5.52 Å².